The Morgan fingerprint density at radius 2 is 2.00 bits per heavy atom. The van der Waals surface area contributed by atoms with E-state index in [1.807, 2.05) is 24.3 Å². The van der Waals surface area contributed by atoms with Crippen molar-refractivity contribution in [2.24, 2.45) is 0 Å². The summed E-state index contributed by atoms with van der Waals surface area (Å²) in [5.41, 5.74) is 8.34. The lowest BCUT2D eigenvalue weighted by molar-refractivity contribution is -0.121. The fraction of sp³-hybridized carbons (Fsp3) is 0.176. The average Bonchev–Trinajstić information content (AvgIpc) is 2.98. The molecule has 6 heteroatoms. The molecule has 3 rings (SSSR count). The minimum atomic E-state index is -0.607. The van der Waals surface area contributed by atoms with Crippen LogP contribution in [0.25, 0.3) is 0 Å². The van der Waals surface area contributed by atoms with E-state index in [-0.39, 0.29) is 18.1 Å². The van der Waals surface area contributed by atoms with Crippen LogP contribution in [0, 0.1) is 0 Å². The zero-order valence-electron chi connectivity index (χ0n) is 12.3. The van der Waals surface area contributed by atoms with E-state index in [0.29, 0.717) is 12.2 Å². The Bertz CT molecular complexity index is 776. The fourth-order valence-electron chi connectivity index (χ4n) is 2.59. The highest BCUT2D eigenvalue weighted by Crippen LogP contribution is 2.27. The maximum absolute atomic E-state index is 12.3. The summed E-state index contributed by atoms with van der Waals surface area (Å²) in [6.45, 7) is 0.299. The standard InChI is InChI=1S/C17H15BrN2O3/c18-12-5-6-14(19)13(9-12)17(22)23-10-16(21)20-8-7-11-3-1-2-4-15(11)20/h1-6,9H,7-8,10,19H2. The molecule has 1 heterocycles. The molecule has 0 unspecified atom stereocenters. The van der Waals surface area contributed by atoms with Crippen molar-refractivity contribution in [3.05, 3.63) is 58.1 Å². The molecular formula is C17H15BrN2O3. The van der Waals surface area contributed by atoms with Gasteiger partial charge in [-0.05, 0) is 36.2 Å². The fourth-order valence-corrected chi connectivity index (χ4v) is 2.95. The first kappa shape index (κ1) is 15.6. The molecule has 0 radical (unpaired) electrons. The van der Waals surface area contributed by atoms with Crippen molar-refractivity contribution >= 4 is 39.2 Å². The van der Waals surface area contributed by atoms with E-state index in [0.717, 1.165) is 22.1 Å². The van der Waals surface area contributed by atoms with Crippen molar-refractivity contribution in [2.75, 3.05) is 23.8 Å². The molecule has 2 aromatic rings. The van der Waals surface area contributed by atoms with Crippen LogP contribution >= 0.6 is 15.9 Å². The number of nitrogens with two attached hydrogens (primary N) is 1. The number of para-hydroxylation sites is 1. The highest BCUT2D eigenvalue weighted by atomic mass is 79.9. The third-order valence-electron chi connectivity index (χ3n) is 3.75. The predicted molar refractivity (Wildman–Crippen MR) is 91.3 cm³/mol. The number of rotatable bonds is 3. The summed E-state index contributed by atoms with van der Waals surface area (Å²) in [5.74, 6) is -0.846. The van der Waals surface area contributed by atoms with Crippen LogP contribution in [-0.4, -0.2) is 25.0 Å². The maximum Gasteiger partial charge on any atom is 0.340 e. The molecular weight excluding hydrogens is 360 g/mol. The summed E-state index contributed by atoms with van der Waals surface area (Å²) >= 11 is 3.28. The Balaban J connectivity index is 1.66. The van der Waals surface area contributed by atoms with Gasteiger partial charge in [-0.15, -0.1) is 0 Å². The first-order valence-corrected chi connectivity index (χ1v) is 7.96. The van der Waals surface area contributed by atoms with Gasteiger partial charge in [-0.3, -0.25) is 4.79 Å². The number of carbonyl (C=O) groups excluding carboxylic acids is 2. The van der Waals surface area contributed by atoms with E-state index >= 15 is 0 Å². The Hall–Kier alpha value is -2.34. The van der Waals surface area contributed by atoms with E-state index in [1.54, 1.807) is 23.1 Å². The van der Waals surface area contributed by atoms with Gasteiger partial charge in [0, 0.05) is 22.4 Å². The third kappa shape index (κ3) is 3.22. The number of nitrogens with zero attached hydrogens (tertiary/aromatic N) is 1. The first-order chi connectivity index (χ1) is 11.1. The highest BCUT2D eigenvalue weighted by Gasteiger charge is 2.25. The normalized spacial score (nSPS) is 12.8. The van der Waals surface area contributed by atoms with Crippen molar-refractivity contribution < 1.29 is 14.3 Å². The molecule has 2 aromatic carbocycles. The summed E-state index contributed by atoms with van der Waals surface area (Å²) in [5, 5.41) is 0. The number of benzene rings is 2. The van der Waals surface area contributed by atoms with Gasteiger partial charge in [-0.25, -0.2) is 4.79 Å². The van der Waals surface area contributed by atoms with Crippen LogP contribution in [0.15, 0.2) is 46.9 Å². The van der Waals surface area contributed by atoms with Gasteiger partial charge < -0.3 is 15.4 Å². The summed E-state index contributed by atoms with van der Waals surface area (Å²) in [4.78, 5) is 26.0. The van der Waals surface area contributed by atoms with Gasteiger partial charge >= 0.3 is 5.97 Å². The van der Waals surface area contributed by atoms with E-state index in [1.165, 1.54) is 0 Å². The highest BCUT2D eigenvalue weighted by molar-refractivity contribution is 9.10. The zero-order valence-corrected chi connectivity index (χ0v) is 13.9. The van der Waals surface area contributed by atoms with Gasteiger partial charge in [-0.1, -0.05) is 34.1 Å². The molecule has 1 amide bonds. The number of anilines is 2. The number of nitrogen functional groups attached to an aromatic ring is 1. The van der Waals surface area contributed by atoms with Crippen molar-refractivity contribution in [1.29, 1.82) is 0 Å². The molecule has 0 atom stereocenters. The lowest BCUT2D eigenvalue weighted by Crippen LogP contribution is -2.33. The van der Waals surface area contributed by atoms with Crippen molar-refractivity contribution in [1.82, 2.24) is 0 Å². The molecule has 2 N–H and O–H groups in total. The average molecular weight is 375 g/mol. The maximum atomic E-state index is 12.3. The molecule has 0 aromatic heterocycles. The summed E-state index contributed by atoms with van der Waals surface area (Å²) < 4.78 is 5.84. The van der Waals surface area contributed by atoms with E-state index in [9.17, 15) is 9.59 Å². The van der Waals surface area contributed by atoms with Crippen LogP contribution in [0.4, 0.5) is 11.4 Å². The van der Waals surface area contributed by atoms with Crippen LogP contribution in [0.2, 0.25) is 0 Å². The van der Waals surface area contributed by atoms with Gasteiger partial charge in [0.2, 0.25) is 0 Å². The van der Waals surface area contributed by atoms with Gasteiger partial charge in [-0.2, -0.15) is 0 Å². The molecule has 0 saturated heterocycles. The lowest BCUT2D eigenvalue weighted by atomic mass is 10.2. The molecule has 0 bridgehead atoms. The molecule has 0 spiro atoms. The number of amides is 1. The molecule has 0 saturated carbocycles. The Morgan fingerprint density at radius 1 is 1.22 bits per heavy atom. The number of halogens is 1. The van der Waals surface area contributed by atoms with Gasteiger partial charge in [0.25, 0.3) is 5.91 Å². The van der Waals surface area contributed by atoms with E-state index in [4.69, 9.17) is 10.5 Å². The molecule has 0 fully saturated rings. The van der Waals surface area contributed by atoms with E-state index in [2.05, 4.69) is 15.9 Å². The van der Waals surface area contributed by atoms with Crippen LogP contribution < -0.4 is 10.6 Å². The Kier molecular flexibility index (Phi) is 4.34. The lowest BCUT2D eigenvalue weighted by Gasteiger charge is -2.17. The van der Waals surface area contributed by atoms with Crippen LogP contribution in [0.5, 0.6) is 0 Å². The summed E-state index contributed by atoms with van der Waals surface area (Å²) in [7, 11) is 0. The molecule has 5 nitrogen and oxygen atoms in total. The minimum absolute atomic E-state index is 0.239. The minimum Gasteiger partial charge on any atom is -0.452 e. The predicted octanol–water partition coefficient (Wildman–Crippen LogP) is 2.78. The number of carbonyl (C=O) groups is 2. The largest absolute Gasteiger partial charge is 0.452 e. The topological polar surface area (TPSA) is 72.6 Å². The smallest absolute Gasteiger partial charge is 0.340 e. The van der Waals surface area contributed by atoms with Crippen molar-refractivity contribution in [3.63, 3.8) is 0 Å². The van der Waals surface area contributed by atoms with Crippen LogP contribution in [0.1, 0.15) is 15.9 Å². The second-order valence-corrected chi connectivity index (χ2v) is 6.15. The van der Waals surface area contributed by atoms with Gasteiger partial charge in [0.15, 0.2) is 6.61 Å². The second kappa shape index (κ2) is 6.42. The van der Waals surface area contributed by atoms with Crippen LogP contribution in [-0.2, 0) is 16.0 Å². The van der Waals surface area contributed by atoms with Crippen molar-refractivity contribution in [3.8, 4) is 0 Å². The Labute approximate surface area is 142 Å². The molecule has 1 aliphatic heterocycles. The SMILES string of the molecule is Nc1ccc(Br)cc1C(=O)OCC(=O)N1CCc2ccccc21. The molecule has 23 heavy (non-hydrogen) atoms. The van der Waals surface area contributed by atoms with Crippen molar-refractivity contribution in [2.45, 2.75) is 6.42 Å². The monoisotopic (exact) mass is 374 g/mol. The number of ether oxygens (including phenoxy) is 1. The van der Waals surface area contributed by atoms with Gasteiger partial charge in [0.1, 0.15) is 0 Å². The Morgan fingerprint density at radius 3 is 2.83 bits per heavy atom. The van der Waals surface area contributed by atoms with Gasteiger partial charge in [0.05, 0.1) is 5.56 Å². The molecule has 0 aliphatic carbocycles. The summed E-state index contributed by atoms with van der Waals surface area (Å²) in [6.07, 6.45) is 0.814. The van der Waals surface area contributed by atoms with Crippen LogP contribution in [0.3, 0.4) is 0 Å². The molecule has 118 valence electrons. The summed E-state index contributed by atoms with van der Waals surface area (Å²) in [6, 6.07) is 12.7. The second-order valence-electron chi connectivity index (χ2n) is 5.23. The number of hydrogen-bond acceptors (Lipinski definition) is 4. The first-order valence-electron chi connectivity index (χ1n) is 7.16. The number of hydrogen-bond donors (Lipinski definition) is 1. The quantitative estimate of drug-likeness (QED) is 0.662. The molecule has 1 aliphatic rings. The number of esters is 1. The third-order valence-corrected chi connectivity index (χ3v) is 4.24. The van der Waals surface area contributed by atoms with E-state index < -0.39 is 5.97 Å². The number of fused-ring (bicyclic) bond motifs is 1. The zero-order chi connectivity index (χ0) is 16.4.